The van der Waals surface area contributed by atoms with Crippen LogP contribution in [0.3, 0.4) is 0 Å². The van der Waals surface area contributed by atoms with Crippen LogP contribution in [0.5, 0.6) is 0 Å². The number of carbonyl (C=O) groups is 1. The van der Waals surface area contributed by atoms with Crippen molar-refractivity contribution in [1.82, 2.24) is 24.8 Å². The smallest absolute Gasteiger partial charge is 0.264 e. The number of nitrogens with zero attached hydrogens (tertiary/aromatic N) is 5. The minimum Gasteiger partial charge on any atom is -0.395 e. The second kappa shape index (κ2) is 9.38. The molecule has 1 atom stereocenters. The molecule has 1 N–H and O–H groups in total. The normalized spacial score (nSPS) is 17.0. The highest BCUT2D eigenvalue weighted by atomic mass is 32.1. The van der Waals surface area contributed by atoms with Crippen molar-refractivity contribution in [3.05, 3.63) is 52.6 Å². The number of hydrogen-bond donors (Lipinski definition) is 1. The number of aliphatic hydroxyl groups is 1. The average Bonchev–Trinajstić information content (AvgIpc) is 3.37. The Morgan fingerprint density at radius 1 is 1.32 bits per heavy atom. The van der Waals surface area contributed by atoms with Crippen LogP contribution in [-0.4, -0.2) is 69.1 Å². The van der Waals surface area contributed by atoms with E-state index in [0.29, 0.717) is 12.5 Å². The third kappa shape index (κ3) is 4.61. The summed E-state index contributed by atoms with van der Waals surface area (Å²) in [6.45, 7) is 7.13. The zero-order valence-electron chi connectivity index (χ0n) is 18.3. The number of rotatable bonds is 7. The van der Waals surface area contributed by atoms with Crippen molar-refractivity contribution in [2.75, 3.05) is 33.3 Å². The highest BCUT2D eigenvalue weighted by molar-refractivity contribution is 7.20. The predicted molar refractivity (Wildman–Crippen MR) is 122 cm³/mol. The fourth-order valence-electron chi connectivity index (χ4n) is 4.15. The molecule has 3 aromatic rings. The molecule has 1 fully saturated rings. The minimum absolute atomic E-state index is 0.0387. The number of fused-ring (bicyclic) bond motifs is 1. The van der Waals surface area contributed by atoms with E-state index in [-0.39, 0.29) is 18.4 Å². The van der Waals surface area contributed by atoms with E-state index in [1.165, 1.54) is 11.3 Å². The van der Waals surface area contributed by atoms with Gasteiger partial charge in [0, 0.05) is 68.1 Å². The fraction of sp³-hybridized carbons (Fsp3) is 0.478. The summed E-state index contributed by atoms with van der Waals surface area (Å²) in [5.41, 5.74) is 2.22. The maximum Gasteiger partial charge on any atom is 0.264 e. The quantitative estimate of drug-likeness (QED) is 0.608. The molecular formula is C23H29N5O2S. The second-order valence-corrected chi connectivity index (χ2v) is 9.48. The Bertz CT molecular complexity index is 1050. The van der Waals surface area contributed by atoms with E-state index in [9.17, 15) is 9.90 Å². The molecule has 1 amide bonds. The van der Waals surface area contributed by atoms with Crippen molar-refractivity contribution in [3.8, 4) is 0 Å². The lowest BCUT2D eigenvalue weighted by atomic mass is 9.95. The van der Waals surface area contributed by atoms with Gasteiger partial charge in [0.15, 0.2) is 0 Å². The summed E-state index contributed by atoms with van der Waals surface area (Å²) in [4.78, 5) is 32.2. The lowest BCUT2D eigenvalue weighted by Gasteiger charge is -2.19. The van der Waals surface area contributed by atoms with Crippen LogP contribution >= 0.6 is 11.3 Å². The Balaban J connectivity index is 1.56. The van der Waals surface area contributed by atoms with Crippen molar-refractivity contribution in [2.24, 2.45) is 0 Å². The number of likely N-dealkylation sites (N-methyl/N-ethyl adjacent to an activating group) is 1. The topological polar surface area (TPSA) is 82.5 Å². The fourth-order valence-corrected chi connectivity index (χ4v) is 5.38. The average molecular weight is 440 g/mol. The molecule has 164 valence electrons. The van der Waals surface area contributed by atoms with Gasteiger partial charge in [-0.05, 0) is 24.6 Å². The van der Waals surface area contributed by atoms with Crippen LogP contribution in [0.4, 0.5) is 0 Å². The summed E-state index contributed by atoms with van der Waals surface area (Å²) in [6, 6.07) is 4.00. The van der Waals surface area contributed by atoms with Crippen LogP contribution in [0.2, 0.25) is 0 Å². The number of pyridine rings is 1. The number of likely N-dealkylation sites (tertiary alicyclic amines) is 1. The molecule has 31 heavy (non-hydrogen) atoms. The van der Waals surface area contributed by atoms with Gasteiger partial charge < -0.3 is 10.0 Å². The minimum atomic E-state index is -0.0460. The first kappa shape index (κ1) is 21.8. The second-order valence-electron chi connectivity index (χ2n) is 8.48. The molecule has 1 aliphatic rings. The molecule has 1 saturated heterocycles. The summed E-state index contributed by atoms with van der Waals surface area (Å²) in [7, 11) is 1.74. The first-order chi connectivity index (χ1) is 15.0. The van der Waals surface area contributed by atoms with Crippen LogP contribution < -0.4 is 0 Å². The number of thiophene rings is 1. The van der Waals surface area contributed by atoms with Crippen LogP contribution in [-0.2, 0) is 6.54 Å². The van der Waals surface area contributed by atoms with Crippen molar-refractivity contribution in [1.29, 1.82) is 0 Å². The third-order valence-corrected chi connectivity index (χ3v) is 6.93. The van der Waals surface area contributed by atoms with Gasteiger partial charge in [-0.3, -0.25) is 9.69 Å². The van der Waals surface area contributed by atoms with E-state index in [0.717, 1.165) is 58.1 Å². The maximum atomic E-state index is 13.1. The van der Waals surface area contributed by atoms with Gasteiger partial charge in [-0.1, -0.05) is 19.9 Å². The first-order valence-electron chi connectivity index (χ1n) is 10.7. The Kier molecular flexibility index (Phi) is 6.60. The molecule has 8 heteroatoms. The number of carbonyl (C=O) groups excluding carboxylic acids is 1. The molecule has 0 aromatic carbocycles. The van der Waals surface area contributed by atoms with Crippen LogP contribution in [0.15, 0.2) is 30.7 Å². The number of aliphatic hydroxyl groups excluding tert-OH is 1. The van der Waals surface area contributed by atoms with Gasteiger partial charge in [0.2, 0.25) is 0 Å². The largest absolute Gasteiger partial charge is 0.395 e. The standard InChI is InChI=1S/C23H29N5O2S/c1-15(2)21-25-11-16(12-26-21)13-28-8-6-17(14-28)19-18-5-4-7-24-22(18)31-20(19)23(30)27(3)9-10-29/h4-5,7,11-12,15,17,29H,6,8-10,13-14H2,1-3H3/t17-/m0/s1. The van der Waals surface area contributed by atoms with Gasteiger partial charge in [0.05, 0.1) is 11.5 Å². The highest BCUT2D eigenvalue weighted by Crippen LogP contribution is 2.40. The van der Waals surface area contributed by atoms with Crippen LogP contribution in [0.1, 0.15) is 58.7 Å². The molecular weight excluding hydrogens is 410 g/mol. The zero-order valence-corrected chi connectivity index (χ0v) is 19.1. The molecule has 0 unspecified atom stereocenters. The Hall–Kier alpha value is -2.42. The molecule has 0 spiro atoms. The molecule has 4 rings (SSSR count). The Morgan fingerprint density at radius 3 is 2.81 bits per heavy atom. The van der Waals surface area contributed by atoms with Gasteiger partial charge in [-0.2, -0.15) is 0 Å². The predicted octanol–water partition coefficient (Wildman–Crippen LogP) is 3.26. The molecule has 0 bridgehead atoms. The SMILES string of the molecule is CC(C)c1ncc(CN2CC[C@H](c3c(C(=O)N(C)CCO)sc4ncccc34)C2)cn1. The van der Waals surface area contributed by atoms with Crippen LogP contribution in [0, 0.1) is 0 Å². The third-order valence-electron chi connectivity index (χ3n) is 5.81. The van der Waals surface area contributed by atoms with Crippen molar-refractivity contribution >= 4 is 27.5 Å². The lowest BCUT2D eigenvalue weighted by Crippen LogP contribution is -2.29. The van der Waals surface area contributed by atoms with E-state index in [2.05, 4.69) is 39.8 Å². The van der Waals surface area contributed by atoms with Gasteiger partial charge in [0.25, 0.3) is 5.91 Å². The van der Waals surface area contributed by atoms with Crippen molar-refractivity contribution in [2.45, 2.75) is 38.6 Å². The molecule has 4 heterocycles. The molecule has 3 aromatic heterocycles. The number of amides is 1. The lowest BCUT2D eigenvalue weighted by molar-refractivity contribution is 0.0770. The number of aromatic nitrogens is 3. The van der Waals surface area contributed by atoms with Crippen molar-refractivity contribution in [3.63, 3.8) is 0 Å². The molecule has 0 radical (unpaired) electrons. The molecule has 7 nitrogen and oxygen atoms in total. The van der Waals surface area contributed by atoms with E-state index in [1.54, 1.807) is 18.1 Å². The Labute approximate surface area is 186 Å². The Morgan fingerprint density at radius 2 is 2.10 bits per heavy atom. The first-order valence-corrected chi connectivity index (χ1v) is 11.6. The van der Waals surface area contributed by atoms with E-state index in [4.69, 9.17) is 0 Å². The van der Waals surface area contributed by atoms with E-state index >= 15 is 0 Å². The van der Waals surface area contributed by atoms with Gasteiger partial charge >= 0.3 is 0 Å². The van der Waals surface area contributed by atoms with Gasteiger partial charge in [-0.25, -0.2) is 15.0 Å². The summed E-state index contributed by atoms with van der Waals surface area (Å²) >= 11 is 1.46. The monoisotopic (exact) mass is 439 g/mol. The zero-order chi connectivity index (χ0) is 22.0. The number of hydrogen-bond acceptors (Lipinski definition) is 7. The summed E-state index contributed by atoms with van der Waals surface area (Å²) < 4.78 is 0. The molecule has 0 aliphatic carbocycles. The highest BCUT2D eigenvalue weighted by Gasteiger charge is 2.31. The molecule has 1 aliphatic heterocycles. The summed E-state index contributed by atoms with van der Waals surface area (Å²) in [6.07, 6.45) is 6.63. The molecule has 0 saturated carbocycles. The van der Waals surface area contributed by atoms with Gasteiger partial charge in [-0.15, -0.1) is 11.3 Å². The van der Waals surface area contributed by atoms with Crippen LogP contribution in [0.25, 0.3) is 10.2 Å². The maximum absolute atomic E-state index is 13.1. The van der Waals surface area contributed by atoms with Gasteiger partial charge in [0.1, 0.15) is 10.7 Å². The van der Waals surface area contributed by atoms with E-state index in [1.807, 2.05) is 18.5 Å². The van der Waals surface area contributed by atoms with Crippen molar-refractivity contribution < 1.29 is 9.90 Å². The summed E-state index contributed by atoms with van der Waals surface area (Å²) in [5.74, 6) is 1.43. The summed E-state index contributed by atoms with van der Waals surface area (Å²) in [5, 5.41) is 10.3. The van der Waals surface area contributed by atoms with E-state index < -0.39 is 0 Å².